The SMILES string of the molecule is NC(N)=NCCC[C@H](NC(=O)[C@@H]1CC2CCCCC2N1C(=O)[C@@H]1Cc2ccccc2CN1C(=O)[C@H](CO)NC(=O)[C@@H]1Cc2ccccc2CN1)C(=O)O. The third-order valence-electron chi connectivity index (χ3n) is 11.2. The van der Waals surface area contributed by atoms with Crippen molar-refractivity contribution in [3.8, 4) is 0 Å². The van der Waals surface area contributed by atoms with Gasteiger partial charge in [0.2, 0.25) is 23.6 Å². The van der Waals surface area contributed by atoms with Crippen LogP contribution in [0.15, 0.2) is 53.5 Å². The monoisotopic (exact) mass is 730 g/mol. The highest BCUT2D eigenvalue weighted by molar-refractivity contribution is 5.96. The van der Waals surface area contributed by atoms with Crippen LogP contribution in [0.5, 0.6) is 0 Å². The van der Waals surface area contributed by atoms with E-state index in [2.05, 4.69) is 20.9 Å². The van der Waals surface area contributed by atoms with Crippen LogP contribution in [0.3, 0.4) is 0 Å². The van der Waals surface area contributed by atoms with Gasteiger partial charge in [-0.05, 0) is 66.7 Å². The molecular formula is C38H50N8O7. The molecule has 9 N–H and O–H groups in total. The van der Waals surface area contributed by atoms with Crippen molar-refractivity contribution in [2.75, 3.05) is 13.2 Å². The van der Waals surface area contributed by atoms with Gasteiger partial charge in [0.25, 0.3) is 0 Å². The fourth-order valence-electron chi connectivity index (χ4n) is 8.48. The molecule has 0 radical (unpaired) electrons. The molecule has 3 heterocycles. The van der Waals surface area contributed by atoms with E-state index >= 15 is 0 Å². The molecule has 2 aromatic rings. The van der Waals surface area contributed by atoms with Crippen LogP contribution in [-0.2, 0) is 49.9 Å². The van der Waals surface area contributed by atoms with Crippen LogP contribution in [0.4, 0.5) is 0 Å². The molecule has 1 saturated carbocycles. The van der Waals surface area contributed by atoms with Crippen LogP contribution in [0.25, 0.3) is 0 Å². The first kappa shape index (κ1) is 37.7. The molecular weight excluding hydrogens is 680 g/mol. The molecule has 0 aromatic heterocycles. The second-order valence-electron chi connectivity index (χ2n) is 14.6. The van der Waals surface area contributed by atoms with Crippen LogP contribution in [0, 0.1) is 5.92 Å². The van der Waals surface area contributed by atoms with Crippen LogP contribution < -0.4 is 27.4 Å². The molecule has 1 aliphatic carbocycles. The number of aliphatic carboxylic acids is 1. The standard InChI is InChI=1S/C38H50N8O7/c39-38(40)41-15-7-13-27(37(52)53)43-34(49)31-18-24-10-5-6-14-30(24)46(31)36(51)32-17-23-9-2-4-12-26(23)20-45(32)35(50)29(21-47)44-33(48)28-16-22-8-1-3-11-25(22)19-42-28/h1-4,8-9,11-12,24,27-32,42,47H,5-7,10,13-21H2,(H,43,49)(H,44,48)(H,52,53)(H4,39,40,41)/t24?,27-,28-,29-,30?,31-,32-/m0/s1. The summed E-state index contributed by atoms with van der Waals surface area (Å²) in [6.07, 6.45) is 4.73. The number of nitrogens with one attached hydrogen (secondary N) is 3. The van der Waals surface area contributed by atoms with Gasteiger partial charge in [-0.25, -0.2) is 4.79 Å². The number of likely N-dealkylation sites (tertiary alicyclic amines) is 1. The number of benzene rings is 2. The highest BCUT2D eigenvalue weighted by atomic mass is 16.4. The van der Waals surface area contributed by atoms with E-state index in [0.29, 0.717) is 32.2 Å². The molecule has 15 nitrogen and oxygen atoms in total. The van der Waals surface area contributed by atoms with Crippen molar-refractivity contribution in [1.29, 1.82) is 0 Å². The lowest BCUT2D eigenvalue weighted by Crippen LogP contribution is -2.62. The Morgan fingerprint density at radius 1 is 0.868 bits per heavy atom. The van der Waals surface area contributed by atoms with E-state index in [4.69, 9.17) is 11.5 Å². The minimum Gasteiger partial charge on any atom is -0.480 e. The predicted molar refractivity (Wildman–Crippen MR) is 195 cm³/mol. The molecule has 4 amide bonds. The van der Waals surface area contributed by atoms with Crippen LogP contribution in [0.1, 0.15) is 67.2 Å². The van der Waals surface area contributed by atoms with Crippen molar-refractivity contribution >= 4 is 35.6 Å². The number of nitrogens with two attached hydrogens (primary N) is 2. The number of carbonyl (C=O) groups is 5. The average molecular weight is 731 g/mol. The highest BCUT2D eigenvalue weighted by Gasteiger charge is 2.51. The summed E-state index contributed by atoms with van der Waals surface area (Å²) in [6.45, 7) is 0.0890. The number of aliphatic hydroxyl groups is 1. The maximum absolute atomic E-state index is 14.9. The molecule has 6 rings (SSSR count). The van der Waals surface area contributed by atoms with E-state index in [0.717, 1.165) is 41.5 Å². The summed E-state index contributed by atoms with van der Waals surface area (Å²) >= 11 is 0. The Balaban J connectivity index is 1.23. The zero-order valence-electron chi connectivity index (χ0n) is 29.8. The van der Waals surface area contributed by atoms with Gasteiger partial charge in [0.1, 0.15) is 24.2 Å². The van der Waals surface area contributed by atoms with Gasteiger partial charge in [0.15, 0.2) is 5.96 Å². The van der Waals surface area contributed by atoms with Crippen molar-refractivity contribution in [2.45, 2.75) is 107 Å². The highest BCUT2D eigenvalue weighted by Crippen LogP contribution is 2.41. The maximum Gasteiger partial charge on any atom is 0.326 e. The number of carboxylic acids is 1. The Labute approximate surface area is 308 Å². The summed E-state index contributed by atoms with van der Waals surface area (Å²) in [5.74, 6) is -3.26. The Morgan fingerprint density at radius 2 is 1.53 bits per heavy atom. The topological polar surface area (TPSA) is 233 Å². The number of amides is 4. The quantitative estimate of drug-likeness (QED) is 0.0872. The van der Waals surface area contributed by atoms with E-state index in [1.54, 1.807) is 4.90 Å². The molecule has 4 aliphatic rings. The summed E-state index contributed by atoms with van der Waals surface area (Å²) in [5.41, 5.74) is 14.6. The van der Waals surface area contributed by atoms with Gasteiger partial charge in [-0.2, -0.15) is 0 Å². The zero-order chi connectivity index (χ0) is 37.6. The van der Waals surface area contributed by atoms with Gasteiger partial charge in [-0.1, -0.05) is 61.4 Å². The fraction of sp³-hybridized carbons (Fsp3) is 0.526. The van der Waals surface area contributed by atoms with Gasteiger partial charge >= 0.3 is 5.97 Å². The number of hydrogen-bond donors (Lipinski definition) is 7. The molecule has 1 saturated heterocycles. The zero-order valence-corrected chi connectivity index (χ0v) is 29.8. The minimum absolute atomic E-state index is 0.0474. The Bertz CT molecular complexity index is 1730. The second-order valence-corrected chi connectivity index (χ2v) is 14.6. The molecule has 53 heavy (non-hydrogen) atoms. The number of carboxylic acid groups (broad SMARTS) is 1. The van der Waals surface area contributed by atoms with Crippen LogP contribution in [-0.4, -0.2) is 105 Å². The summed E-state index contributed by atoms with van der Waals surface area (Å²) in [4.78, 5) is 75.8. The van der Waals surface area contributed by atoms with E-state index < -0.39 is 66.4 Å². The predicted octanol–water partition coefficient (Wildman–Crippen LogP) is -0.0858. The summed E-state index contributed by atoms with van der Waals surface area (Å²) in [5, 5.41) is 29.0. The number of hydrogen-bond acceptors (Lipinski definition) is 8. The summed E-state index contributed by atoms with van der Waals surface area (Å²) in [6, 6.07) is 9.99. The van der Waals surface area contributed by atoms with Crippen molar-refractivity contribution in [1.82, 2.24) is 25.8 Å². The Morgan fingerprint density at radius 3 is 2.23 bits per heavy atom. The van der Waals surface area contributed by atoms with E-state index in [9.17, 15) is 34.2 Å². The molecule has 7 atom stereocenters. The van der Waals surface area contributed by atoms with Gasteiger partial charge < -0.3 is 47.4 Å². The average Bonchev–Trinajstić information content (AvgIpc) is 3.56. The van der Waals surface area contributed by atoms with Crippen molar-refractivity contribution in [3.05, 3.63) is 70.8 Å². The third-order valence-corrected chi connectivity index (χ3v) is 11.2. The van der Waals surface area contributed by atoms with Crippen molar-refractivity contribution < 1.29 is 34.2 Å². The first-order chi connectivity index (χ1) is 25.5. The molecule has 284 valence electrons. The first-order valence-electron chi connectivity index (χ1n) is 18.5. The number of carbonyl (C=O) groups excluding carboxylic acids is 4. The fourth-order valence-corrected chi connectivity index (χ4v) is 8.48. The van der Waals surface area contributed by atoms with Crippen LogP contribution in [0.2, 0.25) is 0 Å². The van der Waals surface area contributed by atoms with E-state index in [1.165, 1.54) is 4.90 Å². The van der Waals surface area contributed by atoms with Gasteiger partial charge in [-0.3, -0.25) is 24.2 Å². The largest absolute Gasteiger partial charge is 0.480 e. The molecule has 15 heteroatoms. The smallest absolute Gasteiger partial charge is 0.326 e. The molecule has 2 aromatic carbocycles. The Kier molecular flexibility index (Phi) is 11.9. The van der Waals surface area contributed by atoms with E-state index in [1.807, 2.05) is 48.5 Å². The number of fused-ring (bicyclic) bond motifs is 3. The molecule has 0 bridgehead atoms. The van der Waals surface area contributed by atoms with Gasteiger partial charge in [0.05, 0.1) is 12.6 Å². The lowest BCUT2D eigenvalue weighted by molar-refractivity contribution is -0.153. The summed E-state index contributed by atoms with van der Waals surface area (Å²) in [7, 11) is 0. The van der Waals surface area contributed by atoms with Gasteiger partial charge in [-0.15, -0.1) is 0 Å². The molecule has 0 spiro atoms. The normalized spacial score (nSPS) is 24.4. The number of guanidine groups is 1. The lowest BCUT2D eigenvalue weighted by atomic mass is 9.84. The second kappa shape index (κ2) is 16.8. The Hall–Kier alpha value is -5.02. The van der Waals surface area contributed by atoms with E-state index in [-0.39, 0.29) is 43.9 Å². The number of aliphatic hydroxyl groups excluding tert-OH is 1. The molecule has 2 fully saturated rings. The number of aliphatic imine (C=N–C) groups is 1. The summed E-state index contributed by atoms with van der Waals surface area (Å²) < 4.78 is 0. The third kappa shape index (κ3) is 8.46. The first-order valence-corrected chi connectivity index (χ1v) is 18.5. The molecule has 2 unspecified atom stereocenters. The number of nitrogens with zero attached hydrogens (tertiary/aromatic N) is 3. The lowest BCUT2D eigenvalue weighted by Gasteiger charge is -2.42. The van der Waals surface area contributed by atoms with Crippen LogP contribution >= 0.6 is 0 Å². The number of rotatable bonds is 12. The maximum atomic E-state index is 14.9. The minimum atomic E-state index is -1.31. The molecule has 3 aliphatic heterocycles. The van der Waals surface area contributed by atoms with Crippen molar-refractivity contribution in [2.24, 2.45) is 22.4 Å². The van der Waals surface area contributed by atoms with Gasteiger partial charge in [0, 0.05) is 32.1 Å². The van der Waals surface area contributed by atoms with Crippen molar-refractivity contribution in [3.63, 3.8) is 0 Å².